The van der Waals surface area contributed by atoms with Gasteiger partial charge in [-0.1, -0.05) is 54.6 Å². The molecule has 0 bridgehead atoms. The van der Waals surface area contributed by atoms with Gasteiger partial charge in [0.25, 0.3) is 0 Å². The van der Waals surface area contributed by atoms with Crippen LogP contribution < -0.4 is 19.5 Å². The molecular weight excluding hydrogens is 530 g/mol. The minimum absolute atomic E-state index is 0.0429. The Balaban J connectivity index is 0.000000241. The first-order chi connectivity index (χ1) is 20.7. The van der Waals surface area contributed by atoms with Crippen LogP contribution in [0.2, 0.25) is 0 Å². The second-order valence-electron chi connectivity index (χ2n) is 10.4. The van der Waals surface area contributed by atoms with Gasteiger partial charge < -0.3 is 34.5 Å². The zero-order valence-corrected chi connectivity index (χ0v) is 24.6. The van der Waals surface area contributed by atoms with Crippen LogP contribution in [0.15, 0.2) is 84.9 Å². The van der Waals surface area contributed by atoms with Gasteiger partial charge in [-0.15, -0.1) is 0 Å². The van der Waals surface area contributed by atoms with E-state index in [2.05, 4.69) is 17.4 Å². The Morgan fingerprint density at radius 1 is 0.833 bits per heavy atom. The number of hydrogen-bond acceptors (Lipinski definition) is 7. The largest absolute Gasteiger partial charge is 0.496 e. The molecule has 3 N–H and O–H groups in total. The molecule has 0 radical (unpaired) electrons. The molecule has 5 rings (SSSR count). The summed E-state index contributed by atoms with van der Waals surface area (Å²) in [5, 5.41) is 24.2. The number of para-hydroxylation sites is 1. The number of methoxy groups -OCH3 is 2. The molecule has 2 atom stereocenters. The number of rotatable bonds is 12. The van der Waals surface area contributed by atoms with Gasteiger partial charge in [-0.3, -0.25) is 0 Å². The molecule has 4 aromatic rings. The lowest BCUT2D eigenvalue weighted by atomic mass is 9.81. The van der Waals surface area contributed by atoms with Gasteiger partial charge in [0.15, 0.2) is 0 Å². The molecule has 42 heavy (non-hydrogen) atoms. The molecule has 7 heteroatoms. The van der Waals surface area contributed by atoms with E-state index in [1.54, 1.807) is 14.2 Å². The van der Waals surface area contributed by atoms with Gasteiger partial charge in [-0.25, -0.2) is 0 Å². The van der Waals surface area contributed by atoms with Gasteiger partial charge >= 0.3 is 0 Å². The predicted molar refractivity (Wildman–Crippen MR) is 166 cm³/mol. The summed E-state index contributed by atoms with van der Waals surface area (Å²) in [7, 11) is 3.32. The van der Waals surface area contributed by atoms with Crippen molar-refractivity contribution in [1.82, 2.24) is 5.32 Å². The average Bonchev–Trinajstić information content (AvgIpc) is 3.06. The lowest BCUT2D eigenvalue weighted by molar-refractivity contribution is 0.105. The van der Waals surface area contributed by atoms with E-state index < -0.39 is 0 Å². The molecule has 0 saturated carbocycles. The maximum atomic E-state index is 9.58. The number of hydrogen-bond donors (Lipinski definition) is 3. The molecule has 0 aliphatic carbocycles. The summed E-state index contributed by atoms with van der Waals surface area (Å²) in [5.74, 6) is 3.26. The van der Waals surface area contributed by atoms with Crippen LogP contribution in [-0.2, 0) is 18.0 Å². The minimum Gasteiger partial charge on any atom is -0.496 e. The number of fused-ring (bicyclic) bond motifs is 1. The van der Waals surface area contributed by atoms with Crippen LogP contribution in [0.5, 0.6) is 17.2 Å². The van der Waals surface area contributed by atoms with Crippen molar-refractivity contribution in [1.29, 1.82) is 0 Å². The number of benzene rings is 4. The fourth-order valence-corrected chi connectivity index (χ4v) is 5.32. The smallest absolute Gasteiger partial charge is 0.127 e. The molecule has 1 saturated heterocycles. The summed E-state index contributed by atoms with van der Waals surface area (Å²) in [4.78, 5) is 0. The van der Waals surface area contributed by atoms with Crippen LogP contribution in [0, 0.1) is 5.92 Å². The van der Waals surface area contributed by atoms with Crippen molar-refractivity contribution < 1.29 is 29.2 Å². The zero-order valence-electron chi connectivity index (χ0n) is 24.6. The highest BCUT2D eigenvalue weighted by atomic mass is 16.5. The third-order valence-corrected chi connectivity index (χ3v) is 7.59. The quantitative estimate of drug-likeness (QED) is 0.187. The Hall–Kier alpha value is -3.62. The van der Waals surface area contributed by atoms with Gasteiger partial charge in [0, 0.05) is 36.4 Å². The summed E-state index contributed by atoms with van der Waals surface area (Å²) >= 11 is 0. The van der Waals surface area contributed by atoms with E-state index in [1.165, 1.54) is 5.56 Å². The van der Waals surface area contributed by atoms with Crippen LogP contribution >= 0.6 is 0 Å². The highest BCUT2D eigenvalue weighted by Gasteiger charge is 2.25. The summed E-state index contributed by atoms with van der Waals surface area (Å²) in [6.07, 6.45) is 1.90. The van der Waals surface area contributed by atoms with Crippen molar-refractivity contribution in [2.24, 2.45) is 5.92 Å². The van der Waals surface area contributed by atoms with Crippen molar-refractivity contribution in [2.45, 2.75) is 32.0 Å². The monoisotopic (exact) mass is 573 g/mol. The summed E-state index contributed by atoms with van der Waals surface area (Å²) in [5.41, 5.74) is 3.22. The normalized spacial score (nSPS) is 16.4. The lowest BCUT2D eigenvalue weighted by Gasteiger charge is -2.31. The summed E-state index contributed by atoms with van der Waals surface area (Å²) in [6, 6.07) is 28.0. The first-order valence-corrected chi connectivity index (χ1v) is 14.6. The molecular formula is C35H43NO6. The van der Waals surface area contributed by atoms with Gasteiger partial charge in [0.2, 0.25) is 0 Å². The van der Waals surface area contributed by atoms with Crippen LogP contribution in [0.4, 0.5) is 0 Å². The van der Waals surface area contributed by atoms with Gasteiger partial charge in [-0.2, -0.15) is 0 Å². The molecule has 0 aromatic heterocycles. The van der Waals surface area contributed by atoms with Gasteiger partial charge in [0.05, 0.1) is 40.6 Å². The Kier molecular flexibility index (Phi) is 12.5. The minimum atomic E-state index is 0.0429. The average molecular weight is 574 g/mol. The van der Waals surface area contributed by atoms with E-state index in [0.29, 0.717) is 31.7 Å². The molecule has 224 valence electrons. The predicted octanol–water partition coefficient (Wildman–Crippen LogP) is 5.71. The molecule has 1 unspecified atom stereocenters. The number of piperidine rings is 1. The number of aliphatic hydroxyl groups is 2. The Morgan fingerprint density at radius 3 is 2.36 bits per heavy atom. The van der Waals surface area contributed by atoms with Crippen molar-refractivity contribution in [3.05, 3.63) is 102 Å². The second kappa shape index (κ2) is 16.7. The number of nitrogens with one attached hydrogen (secondary N) is 1. The topological polar surface area (TPSA) is 89.4 Å². The molecule has 7 nitrogen and oxygen atoms in total. The molecule has 1 fully saturated rings. The first-order valence-electron chi connectivity index (χ1n) is 14.6. The second-order valence-corrected chi connectivity index (χ2v) is 10.4. The highest BCUT2D eigenvalue weighted by molar-refractivity contribution is 5.89. The van der Waals surface area contributed by atoms with Crippen molar-refractivity contribution in [3.63, 3.8) is 0 Å². The van der Waals surface area contributed by atoms with Crippen molar-refractivity contribution in [2.75, 3.05) is 47.1 Å². The van der Waals surface area contributed by atoms with Crippen LogP contribution in [0.1, 0.15) is 35.4 Å². The van der Waals surface area contributed by atoms with E-state index in [1.807, 2.05) is 72.8 Å². The van der Waals surface area contributed by atoms with E-state index in [4.69, 9.17) is 24.1 Å². The number of ether oxygens (including phenoxy) is 4. The Bertz CT molecular complexity index is 1360. The lowest BCUT2D eigenvalue weighted by Crippen LogP contribution is -2.37. The third-order valence-electron chi connectivity index (χ3n) is 7.59. The fourth-order valence-electron chi connectivity index (χ4n) is 5.32. The molecule has 4 aromatic carbocycles. The van der Waals surface area contributed by atoms with Crippen molar-refractivity contribution in [3.8, 4) is 17.2 Å². The fraction of sp³-hybridized carbons (Fsp3) is 0.371. The molecule has 1 heterocycles. The standard InChI is InChI=1S/C23H31NO4.C12H12O2/c1-26-23-6-3-2-5-19(23)17-27-13-4-14-28-21-9-7-18(8-10-21)22-11-12-24-15-20(22)16-25;1-14-12-7-9(8-13)6-10-4-2-3-5-11(10)12/h2-3,5-10,20,22,24-25H,4,11-17H2,1H3;2-7,13H,8H2,1H3/t20-,22?;/m0./s1. The Labute approximate surface area is 249 Å². The van der Waals surface area contributed by atoms with E-state index in [9.17, 15) is 5.11 Å². The zero-order chi connectivity index (χ0) is 29.6. The summed E-state index contributed by atoms with van der Waals surface area (Å²) in [6.45, 7) is 3.97. The molecule has 1 aliphatic rings. The molecule has 1 aliphatic heterocycles. The van der Waals surface area contributed by atoms with Crippen LogP contribution in [0.25, 0.3) is 10.8 Å². The van der Waals surface area contributed by atoms with Gasteiger partial charge in [0.1, 0.15) is 17.2 Å². The SMILES string of the molecule is COc1cc(CO)cc2ccccc12.COc1ccccc1COCCCOc1ccc(C2CCNC[C@H]2CO)cc1. The van der Waals surface area contributed by atoms with Crippen LogP contribution in [0.3, 0.4) is 0 Å². The van der Waals surface area contributed by atoms with Crippen LogP contribution in [-0.4, -0.2) is 57.3 Å². The Morgan fingerprint density at radius 2 is 1.60 bits per heavy atom. The van der Waals surface area contributed by atoms with E-state index in [0.717, 1.165) is 65.1 Å². The van der Waals surface area contributed by atoms with E-state index >= 15 is 0 Å². The molecule has 0 spiro atoms. The molecule has 0 amide bonds. The van der Waals surface area contributed by atoms with E-state index in [-0.39, 0.29) is 13.2 Å². The highest BCUT2D eigenvalue weighted by Crippen LogP contribution is 2.31. The maximum absolute atomic E-state index is 9.58. The first kappa shape index (κ1) is 31.3. The summed E-state index contributed by atoms with van der Waals surface area (Å²) < 4.78 is 22.2. The third kappa shape index (κ3) is 8.69. The van der Waals surface area contributed by atoms with Gasteiger partial charge in [-0.05, 0) is 65.7 Å². The maximum Gasteiger partial charge on any atom is 0.127 e. The van der Waals surface area contributed by atoms with Crippen molar-refractivity contribution >= 4 is 10.8 Å². The number of aliphatic hydroxyl groups excluding tert-OH is 2.